The first kappa shape index (κ1) is 18.4. The van der Waals surface area contributed by atoms with Gasteiger partial charge in [-0.2, -0.15) is 0 Å². The third-order valence-corrected chi connectivity index (χ3v) is 7.35. The Bertz CT molecular complexity index is 841. The molecule has 1 amide bonds. The number of nitrogens with one attached hydrogen (secondary N) is 1. The van der Waals surface area contributed by atoms with Crippen molar-refractivity contribution >= 4 is 38.9 Å². The number of sulfonamides is 1. The van der Waals surface area contributed by atoms with Crippen molar-refractivity contribution in [1.29, 1.82) is 0 Å². The highest BCUT2D eigenvalue weighted by molar-refractivity contribution is 7.91. The Morgan fingerprint density at radius 2 is 1.80 bits per heavy atom. The molecule has 0 spiro atoms. The van der Waals surface area contributed by atoms with Crippen LogP contribution in [0.25, 0.3) is 0 Å². The number of halogens is 1. The second kappa shape index (κ2) is 7.86. The highest BCUT2D eigenvalue weighted by atomic mass is 35.5. The lowest BCUT2D eigenvalue weighted by atomic mass is 10.2. The molecule has 1 saturated heterocycles. The highest BCUT2D eigenvalue weighted by Crippen LogP contribution is 2.24. The maximum atomic E-state index is 12.4. The summed E-state index contributed by atoms with van der Waals surface area (Å²) in [6.45, 7) is 1.79. The van der Waals surface area contributed by atoms with Gasteiger partial charge in [-0.3, -0.25) is 4.79 Å². The van der Waals surface area contributed by atoms with Crippen LogP contribution in [-0.2, 0) is 16.4 Å². The molecule has 0 atom stereocenters. The van der Waals surface area contributed by atoms with E-state index in [9.17, 15) is 13.2 Å². The first-order chi connectivity index (χ1) is 12.0. The van der Waals surface area contributed by atoms with Crippen molar-refractivity contribution in [2.24, 2.45) is 0 Å². The summed E-state index contributed by atoms with van der Waals surface area (Å²) in [6, 6.07) is 10.4. The van der Waals surface area contributed by atoms with E-state index in [4.69, 9.17) is 11.6 Å². The van der Waals surface area contributed by atoms with Crippen molar-refractivity contribution < 1.29 is 13.2 Å². The van der Waals surface area contributed by atoms with Crippen LogP contribution in [-0.4, -0.2) is 38.9 Å². The van der Waals surface area contributed by atoms with Crippen molar-refractivity contribution in [2.75, 3.05) is 19.6 Å². The lowest BCUT2D eigenvalue weighted by Crippen LogP contribution is -2.27. The molecular formula is C17H19ClN2O3S2. The van der Waals surface area contributed by atoms with E-state index in [2.05, 4.69) is 4.72 Å². The number of nitrogens with zero attached hydrogens (tertiary/aromatic N) is 1. The molecule has 1 N–H and O–H groups in total. The molecule has 134 valence electrons. The smallest absolute Gasteiger partial charge is 0.263 e. The minimum Gasteiger partial charge on any atom is -0.338 e. The fourth-order valence-corrected chi connectivity index (χ4v) is 5.18. The number of hydrogen-bond donors (Lipinski definition) is 1. The number of thiophene rings is 1. The van der Waals surface area contributed by atoms with Gasteiger partial charge in [0, 0.05) is 24.7 Å². The molecule has 0 bridgehead atoms. The normalized spacial score (nSPS) is 14.8. The van der Waals surface area contributed by atoms with Gasteiger partial charge in [0.05, 0.1) is 4.88 Å². The van der Waals surface area contributed by atoms with Crippen LogP contribution in [0.2, 0.25) is 5.02 Å². The molecule has 1 aromatic carbocycles. The molecule has 3 rings (SSSR count). The van der Waals surface area contributed by atoms with E-state index in [1.807, 2.05) is 12.1 Å². The number of hydrogen-bond acceptors (Lipinski definition) is 4. The van der Waals surface area contributed by atoms with Crippen LogP contribution in [0.1, 0.15) is 28.1 Å². The van der Waals surface area contributed by atoms with Gasteiger partial charge in [0.15, 0.2) is 0 Å². The van der Waals surface area contributed by atoms with Crippen LogP contribution in [0.15, 0.2) is 40.6 Å². The van der Waals surface area contributed by atoms with Crippen molar-refractivity contribution in [1.82, 2.24) is 9.62 Å². The van der Waals surface area contributed by atoms with Gasteiger partial charge in [0.2, 0.25) is 10.0 Å². The monoisotopic (exact) mass is 398 g/mol. The van der Waals surface area contributed by atoms with E-state index in [0.717, 1.165) is 42.8 Å². The van der Waals surface area contributed by atoms with E-state index in [1.54, 1.807) is 23.1 Å². The molecule has 1 aliphatic rings. The number of carbonyl (C=O) groups is 1. The highest BCUT2D eigenvalue weighted by Gasteiger charge is 2.23. The first-order valence-corrected chi connectivity index (χ1v) is 10.8. The zero-order chi connectivity index (χ0) is 17.9. The predicted molar refractivity (Wildman–Crippen MR) is 99.8 cm³/mol. The molecule has 2 aromatic rings. The van der Waals surface area contributed by atoms with E-state index >= 15 is 0 Å². The topological polar surface area (TPSA) is 66.5 Å². The van der Waals surface area contributed by atoms with Crippen molar-refractivity contribution in [3.05, 3.63) is 51.9 Å². The molecule has 0 aliphatic carbocycles. The summed E-state index contributed by atoms with van der Waals surface area (Å²) < 4.78 is 27.5. The number of carbonyl (C=O) groups excluding carboxylic acids is 1. The molecule has 0 radical (unpaired) electrons. The Morgan fingerprint density at radius 1 is 1.12 bits per heavy atom. The van der Waals surface area contributed by atoms with E-state index in [-0.39, 0.29) is 16.7 Å². The Kier molecular flexibility index (Phi) is 5.78. The molecule has 1 aromatic heterocycles. The standard InChI is InChI=1S/C17H19ClN2O3S2/c18-14-5-3-13(4-6-14)9-10-19-25(22,23)16-8-7-15(24-16)17(21)20-11-1-2-12-20/h3-8,19H,1-2,9-12H2. The molecule has 25 heavy (non-hydrogen) atoms. The van der Waals surface area contributed by atoms with Gasteiger partial charge < -0.3 is 4.90 Å². The van der Waals surface area contributed by atoms with E-state index in [0.29, 0.717) is 16.3 Å². The van der Waals surface area contributed by atoms with Crippen LogP contribution in [0.4, 0.5) is 0 Å². The van der Waals surface area contributed by atoms with Gasteiger partial charge in [-0.05, 0) is 49.1 Å². The molecular weight excluding hydrogens is 380 g/mol. The van der Waals surface area contributed by atoms with Crippen molar-refractivity contribution in [3.63, 3.8) is 0 Å². The van der Waals surface area contributed by atoms with Gasteiger partial charge in [-0.25, -0.2) is 13.1 Å². The molecule has 8 heteroatoms. The zero-order valence-electron chi connectivity index (χ0n) is 13.6. The maximum absolute atomic E-state index is 12.4. The fourth-order valence-electron chi connectivity index (χ4n) is 2.71. The lowest BCUT2D eigenvalue weighted by Gasteiger charge is -2.13. The van der Waals surface area contributed by atoms with E-state index in [1.165, 1.54) is 6.07 Å². The average Bonchev–Trinajstić information content (AvgIpc) is 3.28. The number of likely N-dealkylation sites (tertiary alicyclic amines) is 1. The van der Waals surface area contributed by atoms with Gasteiger partial charge in [0.1, 0.15) is 4.21 Å². The van der Waals surface area contributed by atoms with Crippen LogP contribution in [0, 0.1) is 0 Å². The summed E-state index contributed by atoms with van der Waals surface area (Å²) >= 11 is 6.86. The van der Waals surface area contributed by atoms with Gasteiger partial charge >= 0.3 is 0 Å². The van der Waals surface area contributed by atoms with E-state index < -0.39 is 10.0 Å². The summed E-state index contributed by atoms with van der Waals surface area (Å²) in [7, 11) is -3.60. The van der Waals surface area contributed by atoms with Crippen LogP contribution < -0.4 is 4.72 Å². The predicted octanol–water partition coefficient (Wildman–Crippen LogP) is 3.16. The van der Waals surface area contributed by atoms with Crippen LogP contribution in [0.3, 0.4) is 0 Å². The van der Waals surface area contributed by atoms with Crippen molar-refractivity contribution in [3.8, 4) is 0 Å². The summed E-state index contributed by atoms with van der Waals surface area (Å²) in [4.78, 5) is 14.6. The second-order valence-corrected chi connectivity index (χ2v) is 9.41. The summed E-state index contributed by atoms with van der Waals surface area (Å²) in [5.41, 5.74) is 1.00. The number of amides is 1. The first-order valence-electron chi connectivity index (χ1n) is 8.09. The Balaban J connectivity index is 1.60. The maximum Gasteiger partial charge on any atom is 0.263 e. The Morgan fingerprint density at radius 3 is 2.48 bits per heavy atom. The van der Waals surface area contributed by atoms with Gasteiger partial charge in [-0.15, -0.1) is 11.3 Å². The quantitative estimate of drug-likeness (QED) is 0.812. The molecule has 1 aliphatic heterocycles. The Labute approximate surface area is 156 Å². The zero-order valence-corrected chi connectivity index (χ0v) is 16.0. The SMILES string of the molecule is O=C(c1ccc(S(=O)(=O)NCCc2ccc(Cl)cc2)s1)N1CCCC1. The van der Waals surface area contributed by atoms with Crippen LogP contribution >= 0.6 is 22.9 Å². The molecule has 2 heterocycles. The average molecular weight is 399 g/mol. The lowest BCUT2D eigenvalue weighted by molar-refractivity contribution is 0.0797. The minimum atomic E-state index is -3.60. The number of rotatable bonds is 6. The molecule has 5 nitrogen and oxygen atoms in total. The van der Waals surface area contributed by atoms with Gasteiger partial charge in [0.25, 0.3) is 5.91 Å². The molecule has 0 saturated carbocycles. The number of benzene rings is 1. The summed E-state index contributed by atoms with van der Waals surface area (Å²) in [6.07, 6.45) is 2.59. The Hall–Kier alpha value is -1.41. The third kappa shape index (κ3) is 4.61. The fraction of sp³-hybridized carbons (Fsp3) is 0.353. The van der Waals surface area contributed by atoms with Gasteiger partial charge in [-0.1, -0.05) is 23.7 Å². The minimum absolute atomic E-state index is 0.0786. The second-order valence-electron chi connectivity index (χ2n) is 5.89. The van der Waals surface area contributed by atoms with Crippen LogP contribution in [0.5, 0.6) is 0 Å². The summed E-state index contributed by atoms with van der Waals surface area (Å²) in [5, 5.41) is 0.651. The molecule has 1 fully saturated rings. The largest absolute Gasteiger partial charge is 0.338 e. The summed E-state index contributed by atoms with van der Waals surface area (Å²) in [5.74, 6) is -0.0786. The van der Waals surface area contributed by atoms with Crippen molar-refractivity contribution in [2.45, 2.75) is 23.5 Å². The molecule has 0 unspecified atom stereocenters. The third-order valence-electron chi connectivity index (χ3n) is 4.07.